The molecule has 1 N–H and O–H groups in total. The maximum Gasteiger partial charge on any atom is 0.437 e. The van der Waals surface area contributed by atoms with Crippen molar-refractivity contribution in [3.63, 3.8) is 0 Å². The molecule has 0 spiro atoms. The Hall–Kier alpha value is -1.54. The predicted molar refractivity (Wildman–Crippen MR) is 66.6 cm³/mol. The van der Waals surface area contributed by atoms with Gasteiger partial charge in [-0.25, -0.2) is 9.78 Å². The molecule has 4 nitrogen and oxygen atoms in total. The van der Waals surface area contributed by atoms with Crippen LogP contribution in [0.2, 0.25) is 5.02 Å². The normalized spacial score (nSPS) is 11.7. The molecular weight excluding hydrogens is 366 g/mol. The molecule has 0 aliphatic rings. The monoisotopic (exact) mass is 369 g/mol. The minimum atomic E-state index is -4.92. The van der Waals surface area contributed by atoms with Gasteiger partial charge in [-0.05, 0) is 34.1 Å². The van der Waals surface area contributed by atoms with E-state index in [1.54, 1.807) is 0 Å². The van der Waals surface area contributed by atoms with E-state index in [4.69, 9.17) is 16.7 Å². The summed E-state index contributed by atoms with van der Waals surface area (Å²) in [6, 6.07) is 4.16. The summed E-state index contributed by atoms with van der Waals surface area (Å²) in [5.74, 6) is -3.55. The zero-order valence-corrected chi connectivity index (χ0v) is 11.7. The Balaban J connectivity index is 2.58. The van der Waals surface area contributed by atoms with Crippen LogP contribution in [0.3, 0.4) is 0 Å². The highest BCUT2D eigenvalue weighted by molar-refractivity contribution is 9.10. The molecular formula is C11H4BrClF3NO3. The number of aromatic nitrogens is 1. The smallest absolute Gasteiger partial charge is 0.437 e. The Bertz CT molecular complexity index is 684. The van der Waals surface area contributed by atoms with Crippen molar-refractivity contribution in [1.82, 2.24) is 4.98 Å². The number of benzene rings is 1. The third-order valence-electron chi connectivity index (χ3n) is 2.26. The van der Waals surface area contributed by atoms with Crippen molar-refractivity contribution in [2.24, 2.45) is 0 Å². The van der Waals surface area contributed by atoms with Crippen molar-refractivity contribution >= 4 is 33.5 Å². The first-order valence-electron chi connectivity index (χ1n) is 4.97. The van der Waals surface area contributed by atoms with E-state index in [0.29, 0.717) is 9.50 Å². The van der Waals surface area contributed by atoms with Crippen molar-refractivity contribution < 1.29 is 27.5 Å². The highest BCUT2D eigenvalue weighted by Gasteiger charge is 2.41. The Labute approximate surface area is 123 Å². The van der Waals surface area contributed by atoms with Crippen molar-refractivity contribution in [3.8, 4) is 11.5 Å². The standard InChI is InChI=1S/C11H4BrClF3NO3/c12-5-3-4(1-2-6(5)13)9-17-8(11(14,15)16)7(20-9)10(18)19/h1-3H,(H,18,19). The molecule has 0 atom stereocenters. The molecule has 1 aromatic heterocycles. The number of hydrogen-bond acceptors (Lipinski definition) is 3. The van der Waals surface area contributed by atoms with Crippen LogP contribution >= 0.6 is 27.5 Å². The van der Waals surface area contributed by atoms with Crippen LogP contribution in [0.1, 0.15) is 16.2 Å². The number of hydrogen-bond donors (Lipinski definition) is 1. The van der Waals surface area contributed by atoms with Crippen LogP contribution in [0.15, 0.2) is 27.1 Å². The van der Waals surface area contributed by atoms with Crippen LogP contribution in [-0.4, -0.2) is 16.1 Å². The molecule has 9 heteroatoms. The van der Waals surface area contributed by atoms with Crippen LogP contribution in [0, 0.1) is 0 Å². The molecule has 2 rings (SSSR count). The average Bonchev–Trinajstić information content (AvgIpc) is 2.77. The molecule has 0 saturated carbocycles. The minimum Gasteiger partial charge on any atom is -0.475 e. The lowest BCUT2D eigenvalue weighted by Gasteiger charge is -2.01. The molecule has 1 heterocycles. The summed E-state index contributed by atoms with van der Waals surface area (Å²) in [6.45, 7) is 0. The number of carbonyl (C=O) groups is 1. The fraction of sp³-hybridized carbons (Fsp3) is 0.0909. The molecule has 20 heavy (non-hydrogen) atoms. The van der Waals surface area contributed by atoms with E-state index in [1.165, 1.54) is 18.2 Å². The number of nitrogens with zero attached hydrogens (tertiary/aromatic N) is 1. The topological polar surface area (TPSA) is 63.3 Å². The third kappa shape index (κ3) is 2.80. The Morgan fingerprint density at radius 3 is 2.50 bits per heavy atom. The van der Waals surface area contributed by atoms with E-state index in [2.05, 4.69) is 25.3 Å². The molecule has 106 valence electrons. The van der Waals surface area contributed by atoms with Gasteiger partial charge in [-0.1, -0.05) is 11.6 Å². The van der Waals surface area contributed by atoms with Crippen LogP contribution in [0.5, 0.6) is 0 Å². The fourth-order valence-electron chi connectivity index (χ4n) is 1.41. The zero-order valence-electron chi connectivity index (χ0n) is 9.33. The first-order valence-corrected chi connectivity index (χ1v) is 6.14. The average molecular weight is 371 g/mol. The quantitative estimate of drug-likeness (QED) is 0.847. The molecule has 2 aromatic rings. The fourth-order valence-corrected chi connectivity index (χ4v) is 1.91. The van der Waals surface area contributed by atoms with Crippen LogP contribution in [0.25, 0.3) is 11.5 Å². The lowest BCUT2D eigenvalue weighted by atomic mass is 10.2. The number of aromatic carboxylic acids is 1. The van der Waals surface area contributed by atoms with Gasteiger partial charge in [0.1, 0.15) is 0 Å². The Morgan fingerprint density at radius 1 is 1.40 bits per heavy atom. The molecule has 0 amide bonds. The maximum absolute atomic E-state index is 12.7. The van der Waals surface area contributed by atoms with Gasteiger partial charge in [0.2, 0.25) is 11.7 Å². The second kappa shape index (κ2) is 5.10. The molecule has 0 radical (unpaired) electrons. The van der Waals surface area contributed by atoms with Gasteiger partial charge in [0.15, 0.2) is 5.69 Å². The van der Waals surface area contributed by atoms with Gasteiger partial charge in [-0.3, -0.25) is 0 Å². The van der Waals surface area contributed by atoms with Crippen molar-refractivity contribution in [2.45, 2.75) is 6.18 Å². The summed E-state index contributed by atoms with van der Waals surface area (Å²) in [5.41, 5.74) is -1.41. The lowest BCUT2D eigenvalue weighted by molar-refractivity contribution is -0.141. The molecule has 0 fully saturated rings. The van der Waals surface area contributed by atoms with E-state index < -0.39 is 29.5 Å². The zero-order chi connectivity index (χ0) is 15.1. The molecule has 0 unspecified atom stereocenters. The first-order chi connectivity index (χ1) is 9.20. The van der Waals surface area contributed by atoms with Gasteiger partial charge in [0.25, 0.3) is 0 Å². The van der Waals surface area contributed by atoms with E-state index in [9.17, 15) is 18.0 Å². The Kier molecular flexibility index (Phi) is 3.79. The second-order valence-electron chi connectivity index (χ2n) is 3.63. The van der Waals surface area contributed by atoms with Gasteiger partial charge < -0.3 is 9.52 Å². The van der Waals surface area contributed by atoms with E-state index >= 15 is 0 Å². The number of carboxylic acid groups (broad SMARTS) is 1. The Morgan fingerprint density at radius 2 is 2.05 bits per heavy atom. The van der Waals surface area contributed by atoms with Gasteiger partial charge in [0.05, 0.1) is 5.02 Å². The summed E-state index contributed by atoms with van der Waals surface area (Å²) in [5, 5.41) is 9.07. The van der Waals surface area contributed by atoms with Crippen LogP contribution in [-0.2, 0) is 6.18 Å². The van der Waals surface area contributed by atoms with Gasteiger partial charge >= 0.3 is 12.1 Å². The highest BCUT2D eigenvalue weighted by Crippen LogP contribution is 2.35. The molecule has 0 saturated heterocycles. The van der Waals surface area contributed by atoms with E-state index in [1.807, 2.05) is 0 Å². The van der Waals surface area contributed by atoms with Crippen molar-refractivity contribution in [1.29, 1.82) is 0 Å². The summed E-state index contributed by atoms with van der Waals surface area (Å²) in [7, 11) is 0. The van der Waals surface area contributed by atoms with Gasteiger partial charge in [0, 0.05) is 10.0 Å². The summed E-state index contributed by atoms with van der Waals surface area (Å²) in [4.78, 5) is 14.0. The predicted octanol–water partition coefficient (Wildman–Crippen LogP) is 4.47. The molecule has 1 aromatic carbocycles. The first kappa shape index (κ1) is 14.9. The lowest BCUT2D eigenvalue weighted by Crippen LogP contribution is -2.11. The van der Waals surface area contributed by atoms with Gasteiger partial charge in [-0.15, -0.1) is 0 Å². The van der Waals surface area contributed by atoms with Gasteiger partial charge in [-0.2, -0.15) is 13.2 Å². The van der Waals surface area contributed by atoms with Crippen molar-refractivity contribution in [2.75, 3.05) is 0 Å². The summed E-state index contributed by atoms with van der Waals surface area (Å²) < 4.78 is 43.1. The van der Waals surface area contributed by atoms with E-state index in [0.717, 1.165) is 0 Å². The number of halogens is 5. The highest BCUT2D eigenvalue weighted by atomic mass is 79.9. The molecule has 0 bridgehead atoms. The van der Waals surface area contributed by atoms with Crippen molar-refractivity contribution in [3.05, 3.63) is 39.1 Å². The van der Waals surface area contributed by atoms with Crippen LogP contribution in [0.4, 0.5) is 13.2 Å². The summed E-state index contributed by atoms with van der Waals surface area (Å²) >= 11 is 8.85. The number of alkyl halides is 3. The molecule has 0 aliphatic heterocycles. The number of carboxylic acids is 1. The maximum atomic E-state index is 12.7. The summed E-state index contributed by atoms with van der Waals surface area (Å²) in [6.07, 6.45) is -4.92. The number of oxazole rings is 1. The second-order valence-corrected chi connectivity index (χ2v) is 4.89. The van der Waals surface area contributed by atoms with E-state index in [-0.39, 0.29) is 5.56 Å². The van der Waals surface area contributed by atoms with Crippen LogP contribution < -0.4 is 0 Å². The minimum absolute atomic E-state index is 0.166. The SMILES string of the molecule is O=C(O)c1oc(-c2ccc(Cl)c(Br)c2)nc1C(F)(F)F. The molecule has 0 aliphatic carbocycles. The number of rotatable bonds is 2. The largest absolute Gasteiger partial charge is 0.475 e. The third-order valence-corrected chi connectivity index (χ3v) is 3.47.